The molecule has 2 saturated heterocycles. The molecule has 0 amide bonds. The summed E-state index contributed by atoms with van der Waals surface area (Å²) in [6.07, 6.45) is 0.996. The van der Waals surface area contributed by atoms with Gasteiger partial charge in [-0.25, -0.2) is 19.2 Å². The van der Waals surface area contributed by atoms with Gasteiger partial charge in [-0.1, -0.05) is 0 Å². The van der Waals surface area contributed by atoms with Gasteiger partial charge in [0.25, 0.3) is 11.6 Å². The largest absolute Gasteiger partial charge is 0.419 e. The number of fused-ring (bicyclic) bond motifs is 2. The maximum absolute atomic E-state index is 12.8. The number of esters is 4. The van der Waals surface area contributed by atoms with Gasteiger partial charge in [-0.15, -0.1) is 0 Å². The molecule has 162 valence electrons. The lowest BCUT2D eigenvalue weighted by molar-refractivity contribution is -0.225. The van der Waals surface area contributed by atoms with Crippen molar-refractivity contribution in [1.82, 2.24) is 0 Å². The molecule has 0 aromatic rings. The quantitative estimate of drug-likeness (QED) is 0.327. The molecule has 0 aromatic carbocycles. The van der Waals surface area contributed by atoms with E-state index in [-0.39, 0.29) is 34.8 Å². The van der Waals surface area contributed by atoms with Gasteiger partial charge in [0, 0.05) is 27.7 Å². The van der Waals surface area contributed by atoms with Crippen LogP contribution in [0.25, 0.3) is 0 Å². The molecule has 8 nitrogen and oxygen atoms in total. The van der Waals surface area contributed by atoms with E-state index in [1.807, 2.05) is 0 Å². The van der Waals surface area contributed by atoms with Gasteiger partial charge >= 0.3 is 23.9 Å². The molecular formula is C23H22O8. The summed E-state index contributed by atoms with van der Waals surface area (Å²) in [4.78, 5) is 51.3. The summed E-state index contributed by atoms with van der Waals surface area (Å²) in [5.74, 6) is -3.71. The molecule has 0 spiro atoms. The highest BCUT2D eigenvalue weighted by Gasteiger charge is 2.82. The van der Waals surface area contributed by atoms with Crippen molar-refractivity contribution < 1.29 is 38.1 Å². The third-order valence-corrected chi connectivity index (χ3v) is 8.69. The number of ether oxygens (including phenoxy) is 4. The first kappa shape index (κ1) is 18.0. The third-order valence-electron chi connectivity index (χ3n) is 8.69. The smallest absolute Gasteiger partial charge is 0.348 e. The topological polar surface area (TPSA) is 105 Å². The Labute approximate surface area is 177 Å². The minimum atomic E-state index is -1.28. The zero-order chi connectivity index (χ0) is 21.8. The van der Waals surface area contributed by atoms with Gasteiger partial charge in [0.15, 0.2) is 0 Å². The van der Waals surface area contributed by atoms with Gasteiger partial charge in [-0.2, -0.15) is 0 Å². The lowest BCUT2D eigenvalue weighted by Crippen LogP contribution is -2.48. The second kappa shape index (κ2) is 4.89. The molecule has 2 heterocycles. The van der Waals surface area contributed by atoms with Crippen molar-refractivity contribution in [2.24, 2.45) is 47.3 Å². The van der Waals surface area contributed by atoms with Crippen molar-refractivity contribution in [1.29, 1.82) is 0 Å². The van der Waals surface area contributed by atoms with E-state index in [2.05, 4.69) is 0 Å². The minimum absolute atomic E-state index is 0.0295. The molecule has 2 bridgehead atoms. The van der Waals surface area contributed by atoms with Crippen LogP contribution in [0.2, 0.25) is 0 Å². The van der Waals surface area contributed by atoms with E-state index in [1.165, 1.54) is 27.7 Å². The van der Waals surface area contributed by atoms with Crippen LogP contribution in [-0.2, 0) is 38.1 Å². The van der Waals surface area contributed by atoms with Crippen molar-refractivity contribution in [3.8, 4) is 0 Å². The Bertz CT molecular complexity index is 973. The van der Waals surface area contributed by atoms with Crippen LogP contribution < -0.4 is 0 Å². The summed E-state index contributed by atoms with van der Waals surface area (Å²) in [6.45, 7) is 6.15. The predicted molar refractivity (Wildman–Crippen MR) is 99.1 cm³/mol. The number of hydrogen-bond acceptors (Lipinski definition) is 8. The van der Waals surface area contributed by atoms with Gasteiger partial charge in [0.1, 0.15) is 11.1 Å². The van der Waals surface area contributed by atoms with Crippen molar-refractivity contribution in [3.05, 3.63) is 22.3 Å². The first-order valence-electron chi connectivity index (χ1n) is 10.9. The second-order valence-electron chi connectivity index (χ2n) is 10.8. The molecule has 0 aromatic heterocycles. The standard InChI is InChI=1S/C23H22O8/c1-22(2)28-18(24)16(19(25)29-22)14-10-6-5-7-9-8(6)12(14)13(9)15(11(7)10)17-20(26)30-23(3,4)31-21(17)27/h6-13H,5H2,1-4H3/t6-,7+,8-,9-,10+,11-,12+,13+/m1/s1. The summed E-state index contributed by atoms with van der Waals surface area (Å²) >= 11 is 0. The highest BCUT2D eigenvalue weighted by Crippen LogP contribution is 2.86. The molecule has 5 saturated carbocycles. The summed E-state index contributed by atoms with van der Waals surface area (Å²) < 4.78 is 21.5. The number of allylic oxidation sites excluding steroid dienone is 2. The van der Waals surface area contributed by atoms with Crippen LogP contribution in [0, 0.1) is 47.3 Å². The molecule has 8 heteroatoms. The van der Waals surface area contributed by atoms with Gasteiger partial charge in [0.05, 0.1) is 0 Å². The molecule has 31 heavy (non-hydrogen) atoms. The summed E-state index contributed by atoms with van der Waals surface area (Å²) in [5, 5.41) is 0. The molecule has 8 atom stereocenters. The number of hydrogen-bond donors (Lipinski definition) is 0. The molecule has 0 N–H and O–H groups in total. The van der Waals surface area contributed by atoms with Crippen LogP contribution in [0.1, 0.15) is 34.1 Å². The van der Waals surface area contributed by atoms with Crippen molar-refractivity contribution in [2.45, 2.75) is 45.7 Å². The molecule has 7 fully saturated rings. The van der Waals surface area contributed by atoms with Crippen LogP contribution in [0.5, 0.6) is 0 Å². The Kier molecular flexibility index (Phi) is 2.84. The molecule has 5 aliphatic carbocycles. The zero-order valence-electron chi connectivity index (χ0n) is 17.6. The summed E-state index contributed by atoms with van der Waals surface area (Å²) in [6, 6.07) is 0. The second-order valence-corrected chi connectivity index (χ2v) is 10.8. The first-order valence-corrected chi connectivity index (χ1v) is 10.9. The SMILES string of the molecule is CC1(C)OC(=O)C(=C2[C@@H]3[C@H]4C[C@H]5[C@@H]3C(=C3C(=O)OC(C)(C)OC3=O)[C@@H]3[C@@H]2[C@H]4[C@@H]53)C(=O)O1. The van der Waals surface area contributed by atoms with Gasteiger partial charge in [0.2, 0.25) is 0 Å². The van der Waals surface area contributed by atoms with E-state index in [0.29, 0.717) is 23.7 Å². The average Bonchev–Trinajstić information content (AvgIpc) is 3.11. The summed E-state index contributed by atoms with van der Waals surface area (Å²) in [7, 11) is 0. The van der Waals surface area contributed by atoms with Crippen LogP contribution in [-0.4, -0.2) is 35.5 Å². The number of cyclic esters (lactones) is 4. The lowest BCUT2D eigenvalue weighted by atomic mass is 9.56. The highest BCUT2D eigenvalue weighted by molar-refractivity contribution is 6.17. The van der Waals surface area contributed by atoms with E-state index in [1.54, 1.807) is 0 Å². The van der Waals surface area contributed by atoms with Crippen molar-refractivity contribution in [2.75, 3.05) is 0 Å². The fourth-order valence-corrected chi connectivity index (χ4v) is 8.39. The molecule has 7 aliphatic rings. The normalized spacial score (nSPS) is 46.8. The van der Waals surface area contributed by atoms with E-state index in [9.17, 15) is 19.2 Å². The van der Waals surface area contributed by atoms with Crippen molar-refractivity contribution in [3.63, 3.8) is 0 Å². The van der Waals surface area contributed by atoms with Gasteiger partial charge in [-0.3, -0.25) is 0 Å². The van der Waals surface area contributed by atoms with E-state index in [4.69, 9.17) is 18.9 Å². The van der Waals surface area contributed by atoms with E-state index < -0.39 is 35.5 Å². The van der Waals surface area contributed by atoms with Gasteiger partial charge < -0.3 is 18.9 Å². The van der Waals surface area contributed by atoms with E-state index in [0.717, 1.165) is 17.6 Å². The molecule has 0 radical (unpaired) electrons. The number of carbonyl (C=O) groups excluding carboxylic acids is 4. The molecular weight excluding hydrogens is 404 g/mol. The third kappa shape index (κ3) is 1.86. The molecule has 2 aliphatic heterocycles. The number of carbonyl (C=O) groups is 4. The Morgan fingerprint density at radius 3 is 1.23 bits per heavy atom. The van der Waals surface area contributed by atoms with Crippen molar-refractivity contribution >= 4 is 23.9 Å². The zero-order valence-corrected chi connectivity index (χ0v) is 17.6. The highest BCUT2D eigenvalue weighted by atomic mass is 16.7. The fraction of sp³-hybridized carbons (Fsp3) is 0.652. The number of rotatable bonds is 0. The monoisotopic (exact) mass is 426 g/mol. The van der Waals surface area contributed by atoms with Gasteiger partial charge in [-0.05, 0) is 64.9 Å². The Morgan fingerprint density at radius 2 is 0.903 bits per heavy atom. The van der Waals surface area contributed by atoms with Crippen LogP contribution in [0.4, 0.5) is 0 Å². The maximum Gasteiger partial charge on any atom is 0.348 e. The Hall–Kier alpha value is -2.64. The minimum Gasteiger partial charge on any atom is -0.419 e. The molecule has 0 unspecified atom stereocenters. The fourth-order valence-electron chi connectivity index (χ4n) is 8.39. The van der Waals surface area contributed by atoms with Crippen LogP contribution in [0.3, 0.4) is 0 Å². The molecule has 7 rings (SSSR count). The van der Waals surface area contributed by atoms with Crippen LogP contribution >= 0.6 is 0 Å². The Balaban J connectivity index is 1.38. The average molecular weight is 426 g/mol. The first-order chi connectivity index (χ1) is 14.5. The summed E-state index contributed by atoms with van der Waals surface area (Å²) in [5.41, 5.74) is 1.76. The van der Waals surface area contributed by atoms with E-state index >= 15 is 0 Å². The predicted octanol–water partition coefficient (Wildman–Crippen LogP) is 1.64. The maximum atomic E-state index is 12.8. The lowest BCUT2D eigenvalue weighted by Gasteiger charge is -2.47. The Morgan fingerprint density at radius 1 is 0.581 bits per heavy atom. The van der Waals surface area contributed by atoms with Crippen LogP contribution in [0.15, 0.2) is 22.3 Å².